The molecule has 1 atom stereocenters. The smallest absolute Gasteiger partial charge is 0.301 e. The predicted molar refractivity (Wildman–Crippen MR) is 175 cm³/mol. The van der Waals surface area contributed by atoms with Crippen molar-refractivity contribution in [2.24, 2.45) is 0 Å². The predicted octanol–water partition coefficient (Wildman–Crippen LogP) is 7.33. The van der Waals surface area contributed by atoms with Crippen molar-refractivity contribution in [3.8, 4) is 0 Å². The maximum Gasteiger partial charge on any atom is 0.301 e. The molecule has 1 amide bonds. The third-order valence-corrected chi connectivity index (χ3v) is 10.1. The molecule has 5 aromatic rings. The number of hydrogen-bond donors (Lipinski definition) is 1. The first-order valence-electron chi connectivity index (χ1n) is 14.3. The molecule has 0 aliphatic carbocycles. The van der Waals surface area contributed by atoms with Crippen molar-refractivity contribution in [3.63, 3.8) is 0 Å². The van der Waals surface area contributed by atoms with Crippen LogP contribution in [0.2, 0.25) is 0 Å². The van der Waals surface area contributed by atoms with Gasteiger partial charge >= 0.3 is 5.91 Å². The Morgan fingerprint density at radius 2 is 1.68 bits per heavy atom. The van der Waals surface area contributed by atoms with Crippen molar-refractivity contribution in [1.29, 1.82) is 0 Å². The number of nitrogens with zero attached hydrogens (tertiary/aromatic N) is 5. The van der Waals surface area contributed by atoms with Crippen molar-refractivity contribution in [2.75, 3.05) is 4.90 Å². The summed E-state index contributed by atoms with van der Waals surface area (Å²) in [5, 5.41) is 20.7. The first kappa shape index (κ1) is 29.8. The van der Waals surface area contributed by atoms with Gasteiger partial charge < -0.3 is 9.51 Å². The Labute approximate surface area is 264 Å². The van der Waals surface area contributed by atoms with E-state index in [4.69, 9.17) is 4.98 Å². The van der Waals surface area contributed by atoms with E-state index in [1.807, 2.05) is 67.8 Å². The maximum atomic E-state index is 13.8. The van der Waals surface area contributed by atoms with Gasteiger partial charge in [0.15, 0.2) is 10.1 Å². The lowest BCUT2D eigenvalue weighted by Crippen LogP contribution is -2.29. The van der Waals surface area contributed by atoms with Crippen LogP contribution in [-0.2, 0) is 20.8 Å². The number of anilines is 1. The van der Waals surface area contributed by atoms with E-state index in [1.165, 1.54) is 33.6 Å². The largest absolute Gasteiger partial charge is 0.505 e. The number of amides is 1. The van der Waals surface area contributed by atoms with E-state index in [9.17, 15) is 14.7 Å². The van der Waals surface area contributed by atoms with Crippen LogP contribution in [-0.4, -0.2) is 36.4 Å². The molecule has 0 saturated carbocycles. The van der Waals surface area contributed by atoms with Crippen LogP contribution in [0.4, 0.5) is 5.13 Å². The lowest BCUT2D eigenvalue weighted by Gasteiger charge is -2.24. The minimum Gasteiger partial charge on any atom is -0.505 e. The standard InChI is InChI=1S/C34H33N5O3S2/c1-19-9-11-22(12-10-19)18-43-33-37-36-32(44-33)39-27(23-13-15-24(16-14-23)34(4,5)6)25(29(41)31(39)42)28(40)26-21(3)38-17-7-8-20(2)30(38)35-26/h7-17,27,40H,18H2,1-6H3. The summed E-state index contributed by atoms with van der Waals surface area (Å²) in [5.41, 5.74) is 6.55. The number of benzene rings is 2. The van der Waals surface area contributed by atoms with Crippen LogP contribution in [0.1, 0.15) is 66.0 Å². The molecule has 1 saturated heterocycles. The Morgan fingerprint density at radius 3 is 2.34 bits per heavy atom. The highest BCUT2D eigenvalue weighted by atomic mass is 32.2. The first-order chi connectivity index (χ1) is 20.9. The van der Waals surface area contributed by atoms with E-state index in [2.05, 4.69) is 55.2 Å². The second kappa shape index (κ2) is 11.3. The molecule has 0 radical (unpaired) electrons. The number of ketones is 1. The number of carbonyl (C=O) groups is 2. The van der Waals surface area contributed by atoms with Gasteiger partial charge in [-0.25, -0.2) is 4.98 Å². The summed E-state index contributed by atoms with van der Waals surface area (Å²) in [6.45, 7) is 12.2. The molecule has 4 heterocycles. The van der Waals surface area contributed by atoms with Crippen LogP contribution < -0.4 is 4.90 Å². The highest BCUT2D eigenvalue weighted by Gasteiger charge is 2.49. The highest BCUT2D eigenvalue weighted by molar-refractivity contribution is 8.00. The minimum atomic E-state index is -0.905. The Bertz CT molecular complexity index is 1930. The summed E-state index contributed by atoms with van der Waals surface area (Å²) in [6, 6.07) is 19.0. The van der Waals surface area contributed by atoms with E-state index >= 15 is 0 Å². The third kappa shape index (κ3) is 5.33. The van der Waals surface area contributed by atoms with Crippen molar-refractivity contribution >= 4 is 51.3 Å². The van der Waals surface area contributed by atoms with Gasteiger partial charge in [0.1, 0.15) is 11.3 Å². The number of pyridine rings is 1. The molecule has 8 nitrogen and oxygen atoms in total. The molecule has 44 heavy (non-hydrogen) atoms. The number of aliphatic hydroxyl groups is 1. The van der Waals surface area contributed by atoms with E-state index in [0.29, 0.717) is 32.1 Å². The van der Waals surface area contributed by atoms with E-state index in [0.717, 1.165) is 16.7 Å². The van der Waals surface area contributed by atoms with Crippen molar-refractivity contribution in [2.45, 2.75) is 63.1 Å². The Hall–Kier alpha value is -4.28. The van der Waals surface area contributed by atoms with Gasteiger partial charge in [0, 0.05) is 11.9 Å². The van der Waals surface area contributed by atoms with Gasteiger partial charge in [-0.1, -0.05) is 104 Å². The van der Waals surface area contributed by atoms with Crippen LogP contribution in [0.15, 0.2) is 76.8 Å². The lowest BCUT2D eigenvalue weighted by molar-refractivity contribution is -0.132. The van der Waals surface area contributed by atoms with Gasteiger partial charge in [0.05, 0.1) is 17.3 Å². The van der Waals surface area contributed by atoms with Crippen molar-refractivity contribution < 1.29 is 14.7 Å². The molecule has 1 fully saturated rings. The molecule has 1 aliphatic heterocycles. The normalized spacial score (nSPS) is 16.8. The van der Waals surface area contributed by atoms with E-state index < -0.39 is 17.7 Å². The van der Waals surface area contributed by atoms with Crippen molar-refractivity contribution in [3.05, 3.63) is 112 Å². The zero-order chi connectivity index (χ0) is 31.3. The summed E-state index contributed by atoms with van der Waals surface area (Å²) >= 11 is 2.77. The highest BCUT2D eigenvalue weighted by Crippen LogP contribution is 2.44. The van der Waals surface area contributed by atoms with Gasteiger partial charge in [-0.15, -0.1) is 10.2 Å². The summed E-state index contributed by atoms with van der Waals surface area (Å²) < 4.78 is 2.55. The fourth-order valence-electron chi connectivity index (χ4n) is 5.37. The number of aliphatic hydroxyl groups excluding tert-OH is 1. The maximum absolute atomic E-state index is 13.8. The lowest BCUT2D eigenvalue weighted by atomic mass is 9.85. The fraction of sp³-hybridized carbons (Fsp3) is 0.265. The van der Waals surface area contributed by atoms with Gasteiger partial charge in [-0.05, 0) is 54.5 Å². The second-order valence-electron chi connectivity index (χ2n) is 12.1. The Kier molecular flexibility index (Phi) is 7.67. The number of Topliss-reactive ketones (excluding diaryl/α,β-unsaturated/α-hetero) is 1. The molecule has 0 spiro atoms. The van der Waals surface area contributed by atoms with E-state index in [1.54, 1.807) is 0 Å². The monoisotopic (exact) mass is 623 g/mol. The SMILES string of the molecule is Cc1ccc(CSc2nnc(N3C(=O)C(=O)C(=C(O)c4nc5c(C)cccn5c4C)C3c3ccc(C(C)(C)C)cc3)s2)cc1. The summed E-state index contributed by atoms with van der Waals surface area (Å²) in [4.78, 5) is 33.6. The molecule has 3 aromatic heterocycles. The molecule has 2 aromatic carbocycles. The molecule has 1 aliphatic rings. The molecule has 0 bridgehead atoms. The number of aryl methyl sites for hydroxylation is 3. The summed E-state index contributed by atoms with van der Waals surface area (Å²) in [7, 11) is 0. The number of carbonyl (C=O) groups excluding carboxylic acids is 2. The quantitative estimate of drug-likeness (QED) is 0.0695. The molecule has 1 unspecified atom stereocenters. The van der Waals surface area contributed by atoms with Crippen LogP contribution in [0.3, 0.4) is 0 Å². The van der Waals surface area contributed by atoms with Gasteiger partial charge in [0.25, 0.3) is 5.78 Å². The molecule has 224 valence electrons. The van der Waals surface area contributed by atoms with E-state index in [-0.39, 0.29) is 22.4 Å². The number of thioether (sulfide) groups is 1. The van der Waals surface area contributed by atoms with Crippen molar-refractivity contribution in [1.82, 2.24) is 19.6 Å². The molecule has 10 heteroatoms. The van der Waals surface area contributed by atoms with Gasteiger partial charge in [0.2, 0.25) is 5.13 Å². The molecule has 1 N–H and O–H groups in total. The molecular weight excluding hydrogens is 591 g/mol. The number of fused-ring (bicyclic) bond motifs is 1. The van der Waals surface area contributed by atoms with Crippen LogP contribution in [0, 0.1) is 20.8 Å². The van der Waals surface area contributed by atoms with Gasteiger partial charge in [-0.2, -0.15) is 0 Å². The Morgan fingerprint density at radius 1 is 0.977 bits per heavy atom. The summed E-state index contributed by atoms with van der Waals surface area (Å²) in [6.07, 6.45) is 1.86. The number of hydrogen-bond acceptors (Lipinski definition) is 8. The average molecular weight is 624 g/mol. The topological polar surface area (TPSA) is 101 Å². The second-order valence-corrected chi connectivity index (χ2v) is 14.3. The summed E-state index contributed by atoms with van der Waals surface area (Å²) in [5.74, 6) is -1.17. The molecule has 6 rings (SSSR count). The van der Waals surface area contributed by atoms with Gasteiger partial charge in [-0.3, -0.25) is 14.5 Å². The number of imidazole rings is 1. The number of rotatable bonds is 6. The zero-order valence-electron chi connectivity index (χ0n) is 25.5. The average Bonchev–Trinajstić information content (AvgIpc) is 3.67. The minimum absolute atomic E-state index is 0.0215. The number of aromatic nitrogens is 4. The molecular formula is C34H33N5O3S2. The van der Waals surface area contributed by atoms with Crippen LogP contribution in [0.25, 0.3) is 11.4 Å². The van der Waals surface area contributed by atoms with Crippen LogP contribution in [0.5, 0.6) is 0 Å². The fourth-order valence-corrected chi connectivity index (χ4v) is 7.20. The Balaban J connectivity index is 1.44. The zero-order valence-corrected chi connectivity index (χ0v) is 27.1. The third-order valence-electron chi connectivity index (χ3n) is 7.93. The van der Waals surface area contributed by atoms with Crippen LogP contribution >= 0.6 is 23.1 Å². The first-order valence-corrected chi connectivity index (χ1v) is 16.1.